The number of ether oxygens (including phenoxy) is 1. The quantitative estimate of drug-likeness (QED) is 0.803. The van der Waals surface area contributed by atoms with Gasteiger partial charge in [0.05, 0.1) is 24.6 Å². The first-order valence-electron chi connectivity index (χ1n) is 6.94. The third kappa shape index (κ3) is 3.91. The van der Waals surface area contributed by atoms with E-state index in [4.69, 9.17) is 15.3 Å². The number of halogens is 2. The molecule has 0 saturated carbocycles. The highest BCUT2D eigenvalue weighted by atomic mass is 19.1. The molecule has 5 nitrogen and oxygen atoms in total. The van der Waals surface area contributed by atoms with E-state index in [0.717, 1.165) is 12.1 Å². The van der Waals surface area contributed by atoms with Gasteiger partial charge in [-0.25, -0.2) is 13.8 Å². The highest BCUT2D eigenvalue weighted by molar-refractivity contribution is 6.10. The molecule has 0 bridgehead atoms. The van der Waals surface area contributed by atoms with Crippen molar-refractivity contribution < 1.29 is 13.5 Å². The van der Waals surface area contributed by atoms with Crippen molar-refractivity contribution in [3.8, 4) is 12.1 Å². The van der Waals surface area contributed by atoms with Crippen LogP contribution in [0.3, 0.4) is 0 Å². The maximum absolute atomic E-state index is 14.2. The van der Waals surface area contributed by atoms with Crippen molar-refractivity contribution >= 4 is 11.4 Å². The van der Waals surface area contributed by atoms with Gasteiger partial charge in [0.15, 0.2) is 0 Å². The maximum atomic E-state index is 14.2. The zero-order valence-electron chi connectivity index (χ0n) is 12.5. The summed E-state index contributed by atoms with van der Waals surface area (Å²) in [6, 6.07) is 6.63. The minimum atomic E-state index is -0.725. The molecule has 0 unspecified atom stereocenters. The molecule has 0 radical (unpaired) electrons. The molecule has 1 aromatic carbocycles. The largest absolute Gasteiger partial charge is 0.378 e. The van der Waals surface area contributed by atoms with E-state index >= 15 is 0 Å². The van der Waals surface area contributed by atoms with E-state index in [1.54, 1.807) is 19.1 Å². The van der Waals surface area contributed by atoms with E-state index in [9.17, 15) is 8.78 Å². The lowest BCUT2D eigenvalue weighted by Gasteiger charge is -2.32. The van der Waals surface area contributed by atoms with E-state index in [1.165, 1.54) is 6.07 Å². The predicted octanol–water partition coefficient (Wildman–Crippen LogP) is 2.47. The van der Waals surface area contributed by atoms with Crippen molar-refractivity contribution in [3.05, 3.63) is 41.1 Å². The lowest BCUT2D eigenvalue weighted by atomic mass is 10.1. The van der Waals surface area contributed by atoms with Crippen LogP contribution in [0.2, 0.25) is 0 Å². The van der Waals surface area contributed by atoms with Crippen LogP contribution in [0.15, 0.2) is 28.9 Å². The first-order chi connectivity index (χ1) is 11.1. The van der Waals surface area contributed by atoms with Crippen LogP contribution < -0.4 is 0 Å². The SMILES string of the molecule is C/C(N=C(C#N)C#N)=C(\c1ccc(F)cc1F)N1CCOCC1. The first-order valence-corrected chi connectivity index (χ1v) is 6.94. The second-order valence-corrected chi connectivity index (χ2v) is 4.84. The summed E-state index contributed by atoms with van der Waals surface area (Å²) in [6.45, 7) is 3.53. The van der Waals surface area contributed by atoms with Gasteiger partial charge in [0, 0.05) is 24.7 Å². The highest BCUT2D eigenvalue weighted by Gasteiger charge is 2.21. The molecule has 0 amide bonds. The van der Waals surface area contributed by atoms with Gasteiger partial charge in [-0.3, -0.25) is 0 Å². The van der Waals surface area contributed by atoms with Gasteiger partial charge in [0.25, 0.3) is 0 Å². The Morgan fingerprint density at radius 3 is 2.43 bits per heavy atom. The van der Waals surface area contributed by atoms with E-state index in [0.29, 0.717) is 37.7 Å². The molecule has 118 valence electrons. The fraction of sp³-hybridized carbons (Fsp3) is 0.312. The average molecular weight is 316 g/mol. The Hall–Kier alpha value is -2.77. The molecule has 0 aliphatic carbocycles. The van der Waals surface area contributed by atoms with Crippen LogP contribution in [0, 0.1) is 34.3 Å². The van der Waals surface area contributed by atoms with Crippen molar-refractivity contribution in [1.82, 2.24) is 4.90 Å². The molecule has 1 heterocycles. The van der Waals surface area contributed by atoms with Crippen LogP contribution in [-0.4, -0.2) is 36.9 Å². The number of nitrogens with zero attached hydrogens (tertiary/aromatic N) is 4. The van der Waals surface area contributed by atoms with Crippen LogP contribution in [0.25, 0.3) is 5.70 Å². The number of allylic oxidation sites excluding steroid dienone is 1. The Bertz CT molecular complexity index is 721. The lowest BCUT2D eigenvalue weighted by molar-refractivity contribution is 0.0635. The number of hydrogen-bond donors (Lipinski definition) is 0. The molecule has 0 spiro atoms. The normalized spacial score (nSPS) is 15.3. The Balaban J connectivity index is 2.58. The molecule has 2 rings (SSSR count). The summed E-state index contributed by atoms with van der Waals surface area (Å²) >= 11 is 0. The summed E-state index contributed by atoms with van der Waals surface area (Å²) in [7, 11) is 0. The Kier molecular flexibility index (Phi) is 5.40. The second-order valence-electron chi connectivity index (χ2n) is 4.84. The second kappa shape index (κ2) is 7.48. The van der Waals surface area contributed by atoms with Crippen LogP contribution in [0.1, 0.15) is 12.5 Å². The van der Waals surface area contributed by atoms with Gasteiger partial charge in [0.2, 0.25) is 5.71 Å². The number of morpholine rings is 1. The Morgan fingerprint density at radius 2 is 1.87 bits per heavy atom. The topological polar surface area (TPSA) is 72.4 Å². The van der Waals surface area contributed by atoms with Gasteiger partial charge in [-0.2, -0.15) is 10.5 Å². The summed E-state index contributed by atoms with van der Waals surface area (Å²) in [5, 5.41) is 17.7. The highest BCUT2D eigenvalue weighted by Crippen LogP contribution is 2.27. The molecule has 1 saturated heterocycles. The molecule has 0 atom stereocenters. The molecule has 1 fully saturated rings. The number of benzene rings is 1. The fourth-order valence-electron chi connectivity index (χ4n) is 2.36. The molecule has 0 aromatic heterocycles. The van der Waals surface area contributed by atoms with E-state index in [1.807, 2.05) is 4.90 Å². The molecular formula is C16H14F2N4O. The maximum Gasteiger partial charge on any atom is 0.218 e. The number of aliphatic imine (C=N–C) groups is 1. The summed E-state index contributed by atoms with van der Waals surface area (Å²) in [6.07, 6.45) is 0. The molecule has 23 heavy (non-hydrogen) atoms. The molecule has 0 N–H and O–H groups in total. The lowest BCUT2D eigenvalue weighted by Crippen LogP contribution is -2.35. The predicted molar refractivity (Wildman–Crippen MR) is 80.0 cm³/mol. The zero-order chi connectivity index (χ0) is 16.8. The van der Waals surface area contributed by atoms with Crippen molar-refractivity contribution in [1.29, 1.82) is 10.5 Å². The number of rotatable bonds is 3. The van der Waals surface area contributed by atoms with Gasteiger partial charge in [0.1, 0.15) is 23.8 Å². The molecule has 1 aliphatic heterocycles. The van der Waals surface area contributed by atoms with Gasteiger partial charge < -0.3 is 9.64 Å². The van der Waals surface area contributed by atoms with Crippen LogP contribution in [0.4, 0.5) is 8.78 Å². The standard InChI is InChI=1S/C16H14F2N4O/c1-11(21-13(9-19)10-20)16(22-4-6-23-7-5-22)14-3-2-12(17)8-15(14)18/h2-3,8H,4-7H2,1H3/b16-11-. The summed E-state index contributed by atoms with van der Waals surface area (Å²) in [5.41, 5.74) is 0.588. The minimum Gasteiger partial charge on any atom is -0.378 e. The fourth-order valence-corrected chi connectivity index (χ4v) is 2.36. The van der Waals surface area contributed by atoms with E-state index in [-0.39, 0.29) is 11.3 Å². The molecule has 1 aliphatic rings. The van der Waals surface area contributed by atoms with Crippen molar-refractivity contribution in [3.63, 3.8) is 0 Å². The monoisotopic (exact) mass is 316 g/mol. The van der Waals surface area contributed by atoms with Crippen LogP contribution in [-0.2, 0) is 4.74 Å². The van der Waals surface area contributed by atoms with Crippen molar-refractivity contribution in [2.24, 2.45) is 4.99 Å². The van der Waals surface area contributed by atoms with E-state index < -0.39 is 11.6 Å². The third-order valence-corrected chi connectivity index (χ3v) is 3.35. The van der Waals surface area contributed by atoms with Crippen LogP contribution in [0.5, 0.6) is 0 Å². The van der Waals surface area contributed by atoms with Crippen LogP contribution >= 0.6 is 0 Å². The first kappa shape index (κ1) is 16.6. The van der Waals surface area contributed by atoms with Gasteiger partial charge >= 0.3 is 0 Å². The number of nitriles is 2. The van der Waals surface area contributed by atoms with E-state index in [2.05, 4.69) is 4.99 Å². The van der Waals surface area contributed by atoms with Gasteiger partial charge in [-0.05, 0) is 19.1 Å². The molecule has 7 heteroatoms. The summed E-state index contributed by atoms with van der Waals surface area (Å²) < 4.78 is 32.7. The summed E-state index contributed by atoms with van der Waals surface area (Å²) in [4.78, 5) is 5.81. The third-order valence-electron chi connectivity index (χ3n) is 3.35. The molecule has 1 aromatic rings. The smallest absolute Gasteiger partial charge is 0.218 e. The molecular weight excluding hydrogens is 302 g/mol. The zero-order valence-corrected chi connectivity index (χ0v) is 12.5. The van der Waals surface area contributed by atoms with Crippen molar-refractivity contribution in [2.45, 2.75) is 6.92 Å². The minimum absolute atomic E-state index is 0.171. The van der Waals surface area contributed by atoms with Crippen molar-refractivity contribution in [2.75, 3.05) is 26.3 Å². The summed E-state index contributed by atoms with van der Waals surface area (Å²) in [5.74, 6) is -1.40. The number of hydrogen-bond acceptors (Lipinski definition) is 5. The average Bonchev–Trinajstić information content (AvgIpc) is 2.56. The van der Waals surface area contributed by atoms with Gasteiger partial charge in [-0.15, -0.1) is 0 Å². The van der Waals surface area contributed by atoms with Gasteiger partial charge in [-0.1, -0.05) is 0 Å². The Morgan fingerprint density at radius 1 is 1.22 bits per heavy atom. The Labute approximate surface area is 132 Å².